The molecule has 2 aromatic heterocycles. The normalized spacial score (nSPS) is 12.8. The van der Waals surface area contributed by atoms with Crippen LogP contribution < -0.4 is 11.1 Å². The topological polar surface area (TPSA) is 140 Å². The highest BCUT2D eigenvalue weighted by Crippen LogP contribution is 2.28. The van der Waals surface area contributed by atoms with Crippen molar-refractivity contribution in [2.24, 2.45) is 5.73 Å². The molecule has 2 aromatic carbocycles. The Morgan fingerprint density at radius 1 is 1.07 bits per heavy atom. The smallest absolute Gasteiger partial charge is 0.269 e. The van der Waals surface area contributed by atoms with Gasteiger partial charge in [0.2, 0.25) is 11.8 Å². The standard InChI is InChI=1S/C28H24ClFN6O4/c29-23-5-2-6-24(32-23)33-25(38)14-35(19-8-9-19)26(39)15-36-21-10-7-16(11-20(21)27(34-36)28(31)40)12-22(37)17-3-1-4-18(30)13-17/h1-7,10-11,13,19H,8-9,12,14-15H2,(H2,31,40)(H,32,33,38). The van der Waals surface area contributed by atoms with E-state index in [0.29, 0.717) is 16.5 Å². The number of aromatic nitrogens is 3. The number of hydrogen-bond donors (Lipinski definition) is 2. The fraction of sp³-hybridized carbons (Fsp3) is 0.214. The molecule has 10 nitrogen and oxygen atoms in total. The number of nitrogens with two attached hydrogens (primary N) is 1. The third-order valence-corrected chi connectivity index (χ3v) is 6.66. The average Bonchev–Trinajstić information content (AvgIpc) is 3.69. The van der Waals surface area contributed by atoms with E-state index in [1.807, 2.05) is 0 Å². The molecule has 2 heterocycles. The van der Waals surface area contributed by atoms with Crippen molar-refractivity contribution in [2.75, 3.05) is 11.9 Å². The fourth-order valence-corrected chi connectivity index (χ4v) is 4.59. The molecular formula is C28H24ClFN6O4. The second-order valence-corrected chi connectivity index (χ2v) is 9.87. The zero-order chi connectivity index (χ0) is 28.4. The maximum absolute atomic E-state index is 13.5. The number of pyridine rings is 1. The minimum atomic E-state index is -0.794. The molecule has 1 saturated carbocycles. The molecule has 0 radical (unpaired) electrons. The van der Waals surface area contributed by atoms with Crippen LogP contribution in [0.3, 0.4) is 0 Å². The van der Waals surface area contributed by atoms with Crippen LogP contribution in [0.5, 0.6) is 0 Å². The van der Waals surface area contributed by atoms with Crippen LogP contribution in [0.2, 0.25) is 5.15 Å². The van der Waals surface area contributed by atoms with E-state index in [9.17, 15) is 23.6 Å². The first kappa shape index (κ1) is 26.9. The van der Waals surface area contributed by atoms with Gasteiger partial charge in [-0.15, -0.1) is 0 Å². The monoisotopic (exact) mass is 562 g/mol. The Morgan fingerprint density at radius 2 is 1.85 bits per heavy atom. The number of halogens is 2. The summed E-state index contributed by atoms with van der Waals surface area (Å²) in [5, 5.41) is 7.52. The maximum atomic E-state index is 13.5. The molecule has 0 spiro atoms. The molecule has 0 unspecified atom stereocenters. The molecule has 0 bridgehead atoms. The summed E-state index contributed by atoms with van der Waals surface area (Å²) < 4.78 is 14.9. The lowest BCUT2D eigenvalue weighted by atomic mass is 10.0. The van der Waals surface area contributed by atoms with Crippen LogP contribution in [0.1, 0.15) is 39.3 Å². The first-order chi connectivity index (χ1) is 19.2. The number of carbonyl (C=O) groups is 4. The van der Waals surface area contributed by atoms with Crippen molar-refractivity contribution in [3.63, 3.8) is 0 Å². The van der Waals surface area contributed by atoms with Crippen molar-refractivity contribution in [3.8, 4) is 0 Å². The van der Waals surface area contributed by atoms with E-state index >= 15 is 0 Å². The predicted molar refractivity (Wildman–Crippen MR) is 145 cm³/mol. The average molecular weight is 563 g/mol. The van der Waals surface area contributed by atoms with Gasteiger partial charge in [0.1, 0.15) is 29.9 Å². The molecule has 3 N–H and O–H groups in total. The minimum absolute atomic E-state index is 0.0340. The number of nitrogens with one attached hydrogen (secondary N) is 1. The summed E-state index contributed by atoms with van der Waals surface area (Å²) in [6.45, 7) is -0.420. The predicted octanol–water partition coefficient (Wildman–Crippen LogP) is 3.38. The Kier molecular flexibility index (Phi) is 7.56. The molecule has 0 aliphatic heterocycles. The van der Waals surface area contributed by atoms with Gasteiger partial charge < -0.3 is 16.0 Å². The van der Waals surface area contributed by atoms with E-state index in [-0.39, 0.29) is 59.5 Å². The number of amides is 3. The minimum Gasteiger partial charge on any atom is -0.364 e. The zero-order valence-corrected chi connectivity index (χ0v) is 21.9. The van der Waals surface area contributed by atoms with Crippen molar-refractivity contribution in [2.45, 2.75) is 31.8 Å². The van der Waals surface area contributed by atoms with Gasteiger partial charge in [0.25, 0.3) is 5.91 Å². The summed E-state index contributed by atoms with van der Waals surface area (Å²) in [5.74, 6) is -2.11. The molecule has 5 rings (SSSR count). The van der Waals surface area contributed by atoms with E-state index in [0.717, 1.165) is 18.9 Å². The lowest BCUT2D eigenvalue weighted by molar-refractivity contribution is -0.135. The van der Waals surface area contributed by atoms with E-state index < -0.39 is 17.6 Å². The SMILES string of the molecule is NC(=O)c1nn(CC(=O)N(CC(=O)Nc2cccc(Cl)n2)C2CC2)c2ccc(CC(=O)c3cccc(F)c3)cc12. The Bertz CT molecular complexity index is 1650. The van der Waals surface area contributed by atoms with Crippen LogP contribution >= 0.6 is 11.6 Å². The maximum Gasteiger partial charge on any atom is 0.269 e. The van der Waals surface area contributed by atoms with Crippen LogP contribution in [0, 0.1) is 5.82 Å². The van der Waals surface area contributed by atoms with Crippen LogP contribution in [0.15, 0.2) is 60.7 Å². The highest BCUT2D eigenvalue weighted by atomic mass is 35.5. The van der Waals surface area contributed by atoms with Crippen LogP contribution in [0.25, 0.3) is 10.9 Å². The van der Waals surface area contributed by atoms with E-state index in [1.165, 1.54) is 27.8 Å². The molecule has 0 saturated heterocycles. The molecule has 4 aromatic rings. The van der Waals surface area contributed by atoms with Gasteiger partial charge in [-0.05, 0) is 54.8 Å². The molecule has 0 atom stereocenters. The highest BCUT2D eigenvalue weighted by molar-refractivity contribution is 6.29. The van der Waals surface area contributed by atoms with Crippen LogP contribution in [0.4, 0.5) is 10.2 Å². The summed E-state index contributed by atoms with van der Waals surface area (Å²) in [5.41, 5.74) is 6.78. The number of ketones is 1. The summed E-state index contributed by atoms with van der Waals surface area (Å²) in [6.07, 6.45) is 1.50. The van der Waals surface area contributed by atoms with Crippen molar-refractivity contribution >= 4 is 51.8 Å². The van der Waals surface area contributed by atoms with Crippen molar-refractivity contribution < 1.29 is 23.6 Å². The van der Waals surface area contributed by atoms with Gasteiger partial charge in [0.05, 0.1) is 5.52 Å². The Balaban J connectivity index is 1.34. The highest BCUT2D eigenvalue weighted by Gasteiger charge is 2.34. The van der Waals surface area contributed by atoms with Crippen molar-refractivity contribution in [1.29, 1.82) is 0 Å². The summed E-state index contributed by atoms with van der Waals surface area (Å²) in [7, 11) is 0. The molecular weight excluding hydrogens is 539 g/mol. The number of hydrogen-bond acceptors (Lipinski definition) is 6. The molecule has 1 aliphatic rings. The van der Waals surface area contributed by atoms with Gasteiger partial charge in [0, 0.05) is 23.4 Å². The molecule has 1 aliphatic carbocycles. The van der Waals surface area contributed by atoms with Gasteiger partial charge in [-0.25, -0.2) is 9.37 Å². The molecule has 1 fully saturated rings. The molecule has 204 valence electrons. The number of benzene rings is 2. The quantitative estimate of drug-likeness (QED) is 0.224. The molecule has 3 amide bonds. The number of nitrogens with zero attached hydrogens (tertiary/aromatic N) is 4. The second kappa shape index (κ2) is 11.2. The van der Waals surface area contributed by atoms with Crippen LogP contribution in [-0.4, -0.2) is 55.8 Å². The van der Waals surface area contributed by atoms with Crippen molar-refractivity contribution in [3.05, 3.63) is 88.5 Å². The first-order valence-electron chi connectivity index (χ1n) is 12.5. The lowest BCUT2D eigenvalue weighted by Crippen LogP contribution is -2.41. The van der Waals surface area contributed by atoms with Crippen LogP contribution in [-0.2, 0) is 22.6 Å². The van der Waals surface area contributed by atoms with Gasteiger partial charge in [-0.3, -0.25) is 23.9 Å². The number of fused-ring (bicyclic) bond motifs is 1. The van der Waals surface area contributed by atoms with E-state index in [4.69, 9.17) is 17.3 Å². The van der Waals surface area contributed by atoms with Gasteiger partial charge in [-0.2, -0.15) is 5.10 Å². The van der Waals surface area contributed by atoms with Crippen molar-refractivity contribution in [1.82, 2.24) is 19.7 Å². The van der Waals surface area contributed by atoms with Gasteiger partial charge in [-0.1, -0.05) is 35.9 Å². The third-order valence-electron chi connectivity index (χ3n) is 6.45. The van der Waals surface area contributed by atoms with Gasteiger partial charge >= 0.3 is 0 Å². The Hall–Kier alpha value is -4.64. The third kappa shape index (κ3) is 6.15. The molecule has 12 heteroatoms. The first-order valence-corrected chi connectivity index (χ1v) is 12.9. The number of rotatable bonds is 10. The summed E-state index contributed by atoms with van der Waals surface area (Å²) >= 11 is 5.88. The lowest BCUT2D eigenvalue weighted by Gasteiger charge is -2.22. The fourth-order valence-electron chi connectivity index (χ4n) is 4.43. The van der Waals surface area contributed by atoms with Gasteiger partial charge in [0.15, 0.2) is 11.5 Å². The zero-order valence-electron chi connectivity index (χ0n) is 21.1. The summed E-state index contributed by atoms with van der Waals surface area (Å²) in [4.78, 5) is 56.3. The second-order valence-electron chi connectivity index (χ2n) is 9.48. The van der Waals surface area contributed by atoms with E-state index in [2.05, 4.69) is 15.4 Å². The Morgan fingerprint density at radius 3 is 2.55 bits per heavy atom. The van der Waals surface area contributed by atoms with E-state index in [1.54, 1.807) is 36.4 Å². The summed E-state index contributed by atoms with van der Waals surface area (Å²) in [6, 6.07) is 15.1. The Labute approximate surface area is 232 Å². The largest absolute Gasteiger partial charge is 0.364 e. The number of Topliss-reactive ketones (excluding diaryl/α,β-unsaturated/α-hetero) is 1. The number of carbonyl (C=O) groups excluding carboxylic acids is 4. The number of primary amides is 1. The molecule has 40 heavy (non-hydrogen) atoms. The number of anilines is 1.